The van der Waals surface area contributed by atoms with E-state index in [1.165, 1.54) is 17.7 Å². The van der Waals surface area contributed by atoms with E-state index in [2.05, 4.69) is 25.1 Å². The Balaban J connectivity index is 2.01. The van der Waals surface area contributed by atoms with Gasteiger partial charge in [-0.05, 0) is 35.6 Å². The van der Waals surface area contributed by atoms with Crippen LogP contribution in [-0.4, -0.2) is 13.0 Å². The lowest BCUT2D eigenvalue weighted by atomic mass is 10.00. The normalized spacial score (nSPS) is 13.4. The maximum absolute atomic E-state index is 11.0. The molecule has 0 fully saturated rings. The predicted octanol–water partition coefficient (Wildman–Crippen LogP) is 3.83. The SMILES string of the molecule is C[C@H](/C=C/c1ccc(S(=O)(=O)O)cc1)Cc1ccccc1. The molecular formula is C17H18O3S. The van der Waals surface area contributed by atoms with E-state index in [0.29, 0.717) is 5.92 Å². The Kier molecular flexibility index (Phi) is 4.94. The minimum Gasteiger partial charge on any atom is -0.282 e. The standard InChI is InChI=1S/C17H18O3S/c1-14(13-16-5-3-2-4-6-16)7-8-15-9-11-17(12-10-15)21(18,19)20/h2-12,14H,13H2,1H3,(H,18,19,20)/b8-7+/t14-/m1/s1. The second-order valence-corrected chi connectivity index (χ2v) is 6.49. The third-order valence-electron chi connectivity index (χ3n) is 3.20. The fourth-order valence-electron chi connectivity index (χ4n) is 2.08. The topological polar surface area (TPSA) is 54.4 Å². The van der Waals surface area contributed by atoms with E-state index in [0.717, 1.165) is 12.0 Å². The van der Waals surface area contributed by atoms with E-state index in [-0.39, 0.29) is 4.90 Å². The number of hydrogen-bond acceptors (Lipinski definition) is 2. The van der Waals surface area contributed by atoms with E-state index in [9.17, 15) is 8.42 Å². The number of hydrogen-bond donors (Lipinski definition) is 1. The molecule has 0 spiro atoms. The number of benzene rings is 2. The Morgan fingerprint density at radius 2 is 1.67 bits per heavy atom. The van der Waals surface area contributed by atoms with Crippen molar-refractivity contribution in [3.05, 3.63) is 71.8 Å². The molecule has 0 amide bonds. The minimum absolute atomic E-state index is 0.0861. The van der Waals surface area contributed by atoms with Crippen LogP contribution in [0.5, 0.6) is 0 Å². The van der Waals surface area contributed by atoms with Crippen molar-refractivity contribution in [2.24, 2.45) is 5.92 Å². The lowest BCUT2D eigenvalue weighted by Crippen LogP contribution is -1.97. The molecule has 0 heterocycles. The molecule has 0 bridgehead atoms. The summed E-state index contributed by atoms with van der Waals surface area (Å²) in [6.07, 6.45) is 5.01. The van der Waals surface area contributed by atoms with Gasteiger partial charge in [0.1, 0.15) is 0 Å². The molecule has 0 aromatic heterocycles. The van der Waals surface area contributed by atoms with Gasteiger partial charge in [0.05, 0.1) is 4.90 Å². The highest BCUT2D eigenvalue weighted by atomic mass is 32.2. The summed E-state index contributed by atoms with van der Waals surface area (Å²) in [5, 5.41) is 0. The molecular weight excluding hydrogens is 284 g/mol. The van der Waals surface area contributed by atoms with Crippen LogP contribution in [0.4, 0.5) is 0 Å². The first-order valence-corrected chi connectivity index (χ1v) is 8.19. The second-order valence-electron chi connectivity index (χ2n) is 5.07. The van der Waals surface area contributed by atoms with Gasteiger partial charge in [-0.15, -0.1) is 0 Å². The van der Waals surface area contributed by atoms with Gasteiger partial charge in [0.15, 0.2) is 0 Å². The summed E-state index contributed by atoms with van der Waals surface area (Å²) >= 11 is 0. The molecule has 1 N–H and O–H groups in total. The molecule has 3 nitrogen and oxygen atoms in total. The van der Waals surface area contributed by atoms with Gasteiger partial charge in [0, 0.05) is 0 Å². The number of allylic oxidation sites excluding steroid dienone is 1. The van der Waals surface area contributed by atoms with Gasteiger partial charge in [-0.3, -0.25) is 4.55 Å². The Labute approximate surface area is 125 Å². The molecule has 0 saturated heterocycles. The molecule has 0 saturated carbocycles. The summed E-state index contributed by atoms with van der Waals surface area (Å²) in [6.45, 7) is 2.13. The highest BCUT2D eigenvalue weighted by molar-refractivity contribution is 7.85. The first-order valence-electron chi connectivity index (χ1n) is 6.75. The summed E-state index contributed by atoms with van der Waals surface area (Å²) in [7, 11) is -4.12. The predicted molar refractivity (Wildman–Crippen MR) is 84.6 cm³/mol. The van der Waals surface area contributed by atoms with Crippen LogP contribution in [0, 0.1) is 5.92 Å². The first-order chi connectivity index (χ1) is 9.95. The summed E-state index contributed by atoms with van der Waals surface area (Å²) in [6, 6.07) is 16.4. The van der Waals surface area contributed by atoms with Gasteiger partial charge in [0.2, 0.25) is 0 Å². The van der Waals surface area contributed by atoms with Crippen LogP contribution in [0.15, 0.2) is 65.6 Å². The molecule has 2 rings (SSSR count). The molecule has 0 aliphatic rings. The smallest absolute Gasteiger partial charge is 0.282 e. The first kappa shape index (κ1) is 15.5. The fraction of sp³-hybridized carbons (Fsp3) is 0.176. The molecule has 0 unspecified atom stereocenters. The van der Waals surface area contributed by atoms with Crippen molar-refractivity contribution in [3.8, 4) is 0 Å². The van der Waals surface area contributed by atoms with Gasteiger partial charge < -0.3 is 0 Å². The van der Waals surface area contributed by atoms with Crippen LogP contribution in [-0.2, 0) is 16.5 Å². The Morgan fingerprint density at radius 1 is 1.05 bits per heavy atom. The van der Waals surface area contributed by atoms with E-state index < -0.39 is 10.1 Å². The summed E-state index contributed by atoms with van der Waals surface area (Å²) in [4.78, 5) is -0.0861. The van der Waals surface area contributed by atoms with Gasteiger partial charge >= 0.3 is 0 Å². The fourth-order valence-corrected chi connectivity index (χ4v) is 2.56. The zero-order valence-corrected chi connectivity index (χ0v) is 12.6. The van der Waals surface area contributed by atoms with Crippen molar-refractivity contribution in [1.82, 2.24) is 0 Å². The summed E-state index contributed by atoms with van der Waals surface area (Å²) < 4.78 is 30.8. The van der Waals surface area contributed by atoms with Crippen LogP contribution < -0.4 is 0 Å². The summed E-state index contributed by atoms with van der Waals surface area (Å²) in [5.41, 5.74) is 2.19. The third kappa shape index (κ3) is 4.85. The largest absolute Gasteiger partial charge is 0.294 e. The highest BCUT2D eigenvalue weighted by Gasteiger charge is 2.07. The minimum atomic E-state index is -4.12. The van der Waals surface area contributed by atoms with Crippen LogP contribution in [0.1, 0.15) is 18.1 Å². The molecule has 110 valence electrons. The molecule has 0 aliphatic heterocycles. The van der Waals surface area contributed by atoms with Gasteiger partial charge in [0.25, 0.3) is 10.1 Å². The maximum atomic E-state index is 11.0. The van der Waals surface area contributed by atoms with Crippen molar-refractivity contribution in [1.29, 1.82) is 0 Å². The lowest BCUT2D eigenvalue weighted by molar-refractivity contribution is 0.483. The van der Waals surface area contributed by atoms with Crippen molar-refractivity contribution >= 4 is 16.2 Å². The van der Waals surface area contributed by atoms with E-state index >= 15 is 0 Å². The monoisotopic (exact) mass is 302 g/mol. The van der Waals surface area contributed by atoms with Crippen LogP contribution in [0.25, 0.3) is 6.08 Å². The van der Waals surface area contributed by atoms with Crippen LogP contribution in [0.3, 0.4) is 0 Å². The average Bonchev–Trinajstić information content (AvgIpc) is 2.46. The van der Waals surface area contributed by atoms with Crippen molar-refractivity contribution in [3.63, 3.8) is 0 Å². The quantitative estimate of drug-likeness (QED) is 0.854. The van der Waals surface area contributed by atoms with Crippen LogP contribution >= 0.6 is 0 Å². The molecule has 4 heteroatoms. The zero-order valence-electron chi connectivity index (χ0n) is 11.8. The van der Waals surface area contributed by atoms with Crippen molar-refractivity contribution in [2.75, 3.05) is 0 Å². The Hall–Kier alpha value is -1.91. The Bertz CT molecular complexity index is 701. The maximum Gasteiger partial charge on any atom is 0.294 e. The van der Waals surface area contributed by atoms with E-state index in [1.807, 2.05) is 24.3 Å². The zero-order chi connectivity index (χ0) is 15.3. The van der Waals surface area contributed by atoms with Crippen LogP contribution in [0.2, 0.25) is 0 Å². The van der Waals surface area contributed by atoms with E-state index in [4.69, 9.17) is 4.55 Å². The molecule has 2 aromatic carbocycles. The van der Waals surface area contributed by atoms with Gasteiger partial charge in [-0.25, -0.2) is 0 Å². The van der Waals surface area contributed by atoms with Crippen molar-refractivity contribution in [2.45, 2.75) is 18.2 Å². The molecule has 2 aromatic rings. The lowest BCUT2D eigenvalue weighted by Gasteiger charge is -2.06. The molecule has 1 atom stereocenters. The second kappa shape index (κ2) is 6.70. The highest BCUT2D eigenvalue weighted by Crippen LogP contribution is 2.14. The van der Waals surface area contributed by atoms with Crippen molar-refractivity contribution < 1.29 is 13.0 Å². The third-order valence-corrected chi connectivity index (χ3v) is 4.06. The summed E-state index contributed by atoms with van der Waals surface area (Å²) in [5.74, 6) is 0.383. The molecule has 0 radical (unpaired) electrons. The van der Waals surface area contributed by atoms with Gasteiger partial charge in [-0.2, -0.15) is 8.42 Å². The van der Waals surface area contributed by atoms with E-state index in [1.54, 1.807) is 12.1 Å². The number of rotatable bonds is 5. The average molecular weight is 302 g/mol. The van der Waals surface area contributed by atoms with Gasteiger partial charge in [-0.1, -0.05) is 61.5 Å². The Morgan fingerprint density at radius 3 is 2.24 bits per heavy atom. The molecule has 21 heavy (non-hydrogen) atoms. The molecule has 0 aliphatic carbocycles.